The van der Waals surface area contributed by atoms with E-state index in [0.717, 1.165) is 41.9 Å². The predicted molar refractivity (Wildman–Crippen MR) is 126 cm³/mol. The van der Waals surface area contributed by atoms with Gasteiger partial charge in [0.15, 0.2) is 9.84 Å². The molecule has 0 spiro atoms. The van der Waals surface area contributed by atoms with Crippen LogP contribution in [0.3, 0.4) is 0 Å². The zero-order valence-corrected chi connectivity index (χ0v) is 18.7. The predicted octanol–water partition coefficient (Wildman–Crippen LogP) is 3.84. The number of para-hydroxylation sites is 2. The van der Waals surface area contributed by atoms with E-state index in [1.807, 2.05) is 30.5 Å². The van der Waals surface area contributed by atoms with Gasteiger partial charge in [0.05, 0.1) is 34.8 Å². The van der Waals surface area contributed by atoms with Gasteiger partial charge >= 0.3 is 0 Å². The van der Waals surface area contributed by atoms with Gasteiger partial charge in [-0.15, -0.1) is 0 Å². The fourth-order valence-corrected chi connectivity index (χ4v) is 6.06. The summed E-state index contributed by atoms with van der Waals surface area (Å²) in [5.41, 5.74) is 4.45. The maximum Gasteiger partial charge on any atom is 0.204 e. The van der Waals surface area contributed by atoms with Crippen molar-refractivity contribution in [1.29, 1.82) is 0 Å². The van der Waals surface area contributed by atoms with E-state index in [1.54, 1.807) is 10.9 Å². The lowest BCUT2D eigenvalue weighted by atomic mass is 10.1. The van der Waals surface area contributed by atoms with Crippen LogP contribution >= 0.6 is 0 Å². The Morgan fingerprint density at radius 2 is 1.84 bits per heavy atom. The molecular formula is C24H27N5O2S. The van der Waals surface area contributed by atoms with Gasteiger partial charge in [-0.2, -0.15) is 5.10 Å². The number of fused-ring (bicyclic) bond motifs is 1. The molecular weight excluding hydrogens is 422 g/mol. The number of benzene rings is 2. The monoisotopic (exact) mass is 449 g/mol. The fraction of sp³-hybridized carbons (Fsp3) is 0.333. The first-order valence-corrected chi connectivity index (χ1v) is 12.9. The van der Waals surface area contributed by atoms with Crippen molar-refractivity contribution in [3.63, 3.8) is 0 Å². The quantitative estimate of drug-likeness (QED) is 0.442. The van der Waals surface area contributed by atoms with Crippen molar-refractivity contribution in [3.8, 4) is 0 Å². The molecule has 0 bridgehead atoms. The number of sulfone groups is 1. The lowest BCUT2D eigenvalue weighted by molar-refractivity contribution is 0.499. The average molecular weight is 450 g/mol. The Morgan fingerprint density at radius 1 is 1.03 bits per heavy atom. The number of imidazole rings is 1. The summed E-state index contributed by atoms with van der Waals surface area (Å²) < 4.78 is 27.6. The van der Waals surface area contributed by atoms with Crippen LogP contribution in [0.4, 0.5) is 5.95 Å². The molecule has 1 aliphatic heterocycles. The van der Waals surface area contributed by atoms with Gasteiger partial charge in [-0.1, -0.05) is 42.5 Å². The third-order valence-corrected chi connectivity index (χ3v) is 7.78. The van der Waals surface area contributed by atoms with E-state index in [4.69, 9.17) is 4.98 Å². The molecule has 1 N–H and O–H groups in total. The molecule has 2 aromatic carbocycles. The first kappa shape index (κ1) is 20.8. The summed E-state index contributed by atoms with van der Waals surface area (Å²) in [5.74, 6) is 1.27. The normalized spacial score (nSPS) is 17.7. The molecule has 0 aliphatic carbocycles. The third kappa shape index (κ3) is 4.55. The molecule has 0 amide bonds. The second-order valence-corrected chi connectivity index (χ2v) is 10.6. The molecule has 4 aromatic rings. The molecule has 0 unspecified atom stereocenters. The number of hydrogen-bond donors (Lipinski definition) is 1. The highest BCUT2D eigenvalue weighted by Gasteiger charge is 2.29. The van der Waals surface area contributed by atoms with Crippen LogP contribution in [0, 0.1) is 0 Å². The first-order valence-electron chi connectivity index (χ1n) is 11.0. The average Bonchev–Trinajstić information content (AvgIpc) is 3.50. The van der Waals surface area contributed by atoms with Crippen LogP contribution in [0.25, 0.3) is 11.0 Å². The minimum atomic E-state index is -2.93. The standard InChI is InChI=1S/C24H27N5O2S/c30-32(31)14-12-21(18-32)29-17-20(16-26-29)15-25-24-27-22-10-4-5-11-23(22)28(24)13-6-9-19-7-2-1-3-8-19/h1-5,7-8,10-11,16-17,21H,6,9,12-15,18H2,(H,25,27)/t21-/m0/s1. The molecule has 5 rings (SSSR count). The van der Waals surface area contributed by atoms with Gasteiger partial charge in [0.25, 0.3) is 0 Å². The van der Waals surface area contributed by atoms with Crippen LogP contribution in [0.1, 0.15) is 30.0 Å². The Morgan fingerprint density at radius 3 is 2.66 bits per heavy atom. The van der Waals surface area contributed by atoms with Crippen LogP contribution < -0.4 is 5.32 Å². The van der Waals surface area contributed by atoms with Crippen LogP contribution in [0.5, 0.6) is 0 Å². The minimum Gasteiger partial charge on any atom is -0.351 e. The van der Waals surface area contributed by atoms with E-state index < -0.39 is 9.84 Å². The summed E-state index contributed by atoms with van der Waals surface area (Å²) in [7, 11) is -2.93. The van der Waals surface area contributed by atoms with Gasteiger partial charge in [-0.25, -0.2) is 13.4 Å². The van der Waals surface area contributed by atoms with Crippen molar-refractivity contribution in [2.75, 3.05) is 16.8 Å². The number of nitrogens with zero attached hydrogens (tertiary/aromatic N) is 4. The third-order valence-electron chi connectivity index (χ3n) is 6.03. The van der Waals surface area contributed by atoms with E-state index in [0.29, 0.717) is 13.0 Å². The van der Waals surface area contributed by atoms with Crippen molar-refractivity contribution in [2.24, 2.45) is 0 Å². The molecule has 1 fully saturated rings. The highest BCUT2D eigenvalue weighted by Crippen LogP contribution is 2.24. The van der Waals surface area contributed by atoms with Crippen molar-refractivity contribution < 1.29 is 8.42 Å². The number of aryl methyl sites for hydroxylation is 2. The summed E-state index contributed by atoms with van der Waals surface area (Å²) in [6.07, 6.45) is 6.42. The van der Waals surface area contributed by atoms with Gasteiger partial charge in [0.1, 0.15) is 0 Å². The van der Waals surface area contributed by atoms with Crippen molar-refractivity contribution >= 4 is 26.8 Å². The summed E-state index contributed by atoms with van der Waals surface area (Å²) in [5, 5.41) is 7.88. The molecule has 1 atom stereocenters. The van der Waals surface area contributed by atoms with Crippen LogP contribution in [0.2, 0.25) is 0 Å². The zero-order chi connectivity index (χ0) is 22.0. The SMILES string of the molecule is O=S1(=O)CC[C@H](n2cc(CNc3nc4ccccc4n3CCCc3ccccc3)cn2)C1. The second-order valence-electron chi connectivity index (χ2n) is 8.40. The molecule has 166 valence electrons. The number of rotatable bonds is 8. The molecule has 3 heterocycles. The van der Waals surface area contributed by atoms with Gasteiger partial charge in [0, 0.05) is 24.8 Å². The Kier molecular flexibility index (Phi) is 5.70. The van der Waals surface area contributed by atoms with Crippen LogP contribution in [-0.2, 0) is 29.3 Å². The van der Waals surface area contributed by atoms with E-state index in [2.05, 4.69) is 45.3 Å². The lowest BCUT2D eigenvalue weighted by Gasteiger charge is -2.11. The topological polar surface area (TPSA) is 81.8 Å². The molecule has 8 heteroatoms. The maximum absolute atomic E-state index is 11.8. The van der Waals surface area contributed by atoms with Gasteiger partial charge in [0.2, 0.25) is 5.95 Å². The second kappa shape index (κ2) is 8.78. The van der Waals surface area contributed by atoms with Crippen molar-refractivity contribution in [3.05, 3.63) is 78.1 Å². The Bertz CT molecular complexity index is 1310. The number of anilines is 1. The first-order chi connectivity index (χ1) is 15.6. The molecule has 0 radical (unpaired) electrons. The van der Waals surface area contributed by atoms with E-state index in [1.165, 1.54) is 5.56 Å². The number of hydrogen-bond acceptors (Lipinski definition) is 5. The Hall–Kier alpha value is -3.13. The molecule has 1 aliphatic rings. The van der Waals surface area contributed by atoms with Crippen molar-refractivity contribution in [2.45, 2.75) is 38.4 Å². The van der Waals surface area contributed by atoms with E-state index in [-0.39, 0.29) is 17.5 Å². The summed E-state index contributed by atoms with van der Waals surface area (Å²) in [6, 6.07) is 18.7. The summed E-state index contributed by atoms with van der Waals surface area (Å²) >= 11 is 0. The minimum absolute atomic E-state index is 0.0590. The number of nitrogens with one attached hydrogen (secondary N) is 1. The maximum atomic E-state index is 11.8. The summed E-state index contributed by atoms with van der Waals surface area (Å²) in [6.45, 7) is 1.46. The number of aromatic nitrogens is 4. The van der Waals surface area contributed by atoms with Gasteiger partial charge < -0.3 is 9.88 Å². The molecule has 32 heavy (non-hydrogen) atoms. The van der Waals surface area contributed by atoms with E-state index >= 15 is 0 Å². The van der Waals surface area contributed by atoms with Gasteiger partial charge in [-0.05, 0) is 37.0 Å². The fourth-order valence-electron chi connectivity index (χ4n) is 4.36. The Balaban J connectivity index is 1.28. The smallest absolute Gasteiger partial charge is 0.204 e. The zero-order valence-electron chi connectivity index (χ0n) is 17.9. The largest absolute Gasteiger partial charge is 0.351 e. The highest BCUT2D eigenvalue weighted by molar-refractivity contribution is 7.91. The molecule has 2 aromatic heterocycles. The van der Waals surface area contributed by atoms with Gasteiger partial charge in [-0.3, -0.25) is 4.68 Å². The van der Waals surface area contributed by atoms with Crippen LogP contribution in [-0.4, -0.2) is 39.3 Å². The summed E-state index contributed by atoms with van der Waals surface area (Å²) in [4.78, 5) is 4.80. The molecule has 1 saturated heterocycles. The highest BCUT2D eigenvalue weighted by atomic mass is 32.2. The van der Waals surface area contributed by atoms with E-state index in [9.17, 15) is 8.42 Å². The van der Waals surface area contributed by atoms with Crippen molar-refractivity contribution in [1.82, 2.24) is 19.3 Å². The lowest BCUT2D eigenvalue weighted by Crippen LogP contribution is -2.11. The molecule has 0 saturated carbocycles. The molecule has 7 nitrogen and oxygen atoms in total. The Labute approximate surface area is 188 Å². The van der Waals surface area contributed by atoms with Crippen LogP contribution in [0.15, 0.2) is 67.0 Å².